The molecule has 1 aromatic rings. The lowest BCUT2D eigenvalue weighted by Gasteiger charge is -2.42. The average molecular weight is 337 g/mol. The quantitative estimate of drug-likeness (QED) is 0.739. The van der Waals surface area contributed by atoms with Crippen LogP contribution in [0.4, 0.5) is 5.00 Å². The second-order valence-corrected chi connectivity index (χ2v) is 6.59. The zero-order valence-electron chi connectivity index (χ0n) is 12.4. The topological polar surface area (TPSA) is 121 Å². The SMILES string of the molecule is C[C@]1(N2C(=O)c3csc(N)c3C2=O)CCC(=O)N(CCO)C1=O. The molecule has 2 aliphatic heterocycles. The Morgan fingerprint density at radius 2 is 2.00 bits per heavy atom. The van der Waals surface area contributed by atoms with Crippen LogP contribution in [0.3, 0.4) is 0 Å². The summed E-state index contributed by atoms with van der Waals surface area (Å²) < 4.78 is 0. The molecular formula is C14H15N3O5S. The molecule has 8 nitrogen and oxygen atoms in total. The molecule has 9 heteroatoms. The fourth-order valence-electron chi connectivity index (χ4n) is 3.05. The fraction of sp³-hybridized carbons (Fsp3) is 0.429. The highest BCUT2D eigenvalue weighted by Crippen LogP contribution is 2.40. The number of nitrogens with two attached hydrogens (primary N) is 1. The van der Waals surface area contributed by atoms with Gasteiger partial charge in [-0.05, 0) is 13.3 Å². The molecule has 0 radical (unpaired) electrons. The van der Waals surface area contributed by atoms with Crippen molar-refractivity contribution in [3.05, 3.63) is 16.5 Å². The van der Waals surface area contributed by atoms with Gasteiger partial charge in [0.05, 0.1) is 29.3 Å². The fourth-order valence-corrected chi connectivity index (χ4v) is 3.83. The minimum atomic E-state index is -1.46. The summed E-state index contributed by atoms with van der Waals surface area (Å²) in [7, 11) is 0. The molecule has 0 saturated carbocycles. The van der Waals surface area contributed by atoms with Crippen LogP contribution in [0.25, 0.3) is 0 Å². The van der Waals surface area contributed by atoms with Gasteiger partial charge in [-0.25, -0.2) is 0 Å². The number of hydrogen-bond donors (Lipinski definition) is 2. The van der Waals surface area contributed by atoms with Crippen molar-refractivity contribution in [3.8, 4) is 0 Å². The summed E-state index contributed by atoms with van der Waals surface area (Å²) in [6.07, 6.45) is 0.0688. The second-order valence-electron chi connectivity index (χ2n) is 5.68. The number of imide groups is 2. The first-order valence-corrected chi connectivity index (χ1v) is 7.92. The molecule has 3 heterocycles. The number of β-amino-alcohol motifs (C(OH)–C–C–N with tert-alkyl or cyclic N) is 1. The maximum absolute atomic E-state index is 12.7. The predicted molar refractivity (Wildman–Crippen MR) is 80.7 cm³/mol. The minimum absolute atomic E-state index is 0.0155. The monoisotopic (exact) mass is 337 g/mol. The molecule has 0 aliphatic carbocycles. The van der Waals surface area contributed by atoms with Gasteiger partial charge >= 0.3 is 0 Å². The van der Waals surface area contributed by atoms with E-state index in [1.165, 1.54) is 12.3 Å². The van der Waals surface area contributed by atoms with Crippen LogP contribution < -0.4 is 5.73 Å². The maximum Gasteiger partial charge on any atom is 0.265 e. The van der Waals surface area contributed by atoms with Crippen LogP contribution in [0, 0.1) is 0 Å². The number of anilines is 1. The normalized spacial score (nSPS) is 24.6. The summed E-state index contributed by atoms with van der Waals surface area (Å²) >= 11 is 1.10. The van der Waals surface area contributed by atoms with Gasteiger partial charge < -0.3 is 10.8 Å². The number of aliphatic hydroxyl groups is 1. The molecule has 1 fully saturated rings. The van der Waals surface area contributed by atoms with Crippen molar-refractivity contribution in [2.75, 3.05) is 18.9 Å². The van der Waals surface area contributed by atoms with Gasteiger partial charge in [0.25, 0.3) is 17.7 Å². The zero-order chi connectivity index (χ0) is 16.9. The Labute approximate surface area is 135 Å². The number of nitrogen functional groups attached to an aromatic ring is 1. The smallest absolute Gasteiger partial charge is 0.265 e. The molecule has 2 aliphatic rings. The summed E-state index contributed by atoms with van der Waals surface area (Å²) in [6.45, 7) is 0.926. The van der Waals surface area contributed by atoms with E-state index < -0.39 is 29.2 Å². The molecule has 4 amide bonds. The van der Waals surface area contributed by atoms with E-state index >= 15 is 0 Å². The molecule has 0 spiro atoms. The number of carbonyl (C=O) groups excluding carboxylic acids is 4. The van der Waals surface area contributed by atoms with Crippen molar-refractivity contribution in [2.45, 2.75) is 25.3 Å². The van der Waals surface area contributed by atoms with Crippen molar-refractivity contribution in [1.29, 1.82) is 0 Å². The lowest BCUT2D eigenvalue weighted by molar-refractivity contribution is -0.157. The van der Waals surface area contributed by atoms with Crippen molar-refractivity contribution in [2.24, 2.45) is 0 Å². The zero-order valence-corrected chi connectivity index (χ0v) is 13.2. The van der Waals surface area contributed by atoms with Gasteiger partial charge in [-0.2, -0.15) is 0 Å². The summed E-state index contributed by atoms with van der Waals surface area (Å²) in [5, 5.41) is 10.8. The number of thiophene rings is 1. The van der Waals surface area contributed by atoms with Crippen LogP contribution >= 0.6 is 11.3 Å². The number of fused-ring (bicyclic) bond motifs is 1. The highest BCUT2D eigenvalue weighted by molar-refractivity contribution is 7.14. The van der Waals surface area contributed by atoms with Crippen LogP contribution in [0.5, 0.6) is 0 Å². The first kappa shape index (κ1) is 15.6. The Balaban J connectivity index is 2.01. The van der Waals surface area contributed by atoms with Gasteiger partial charge in [0.2, 0.25) is 5.91 Å². The third-order valence-corrected chi connectivity index (χ3v) is 5.13. The van der Waals surface area contributed by atoms with Gasteiger partial charge in [-0.1, -0.05) is 0 Å². The Morgan fingerprint density at radius 1 is 1.30 bits per heavy atom. The molecule has 0 aromatic carbocycles. The number of amides is 4. The second kappa shape index (κ2) is 5.14. The molecule has 3 rings (SSSR count). The van der Waals surface area contributed by atoms with Gasteiger partial charge in [0, 0.05) is 11.8 Å². The van der Waals surface area contributed by atoms with Crippen molar-refractivity contribution < 1.29 is 24.3 Å². The van der Waals surface area contributed by atoms with Crippen LogP contribution in [0.15, 0.2) is 5.38 Å². The van der Waals surface area contributed by atoms with Gasteiger partial charge in [0.15, 0.2) is 0 Å². The minimum Gasteiger partial charge on any atom is -0.395 e. The van der Waals surface area contributed by atoms with E-state index in [0.717, 1.165) is 21.1 Å². The van der Waals surface area contributed by atoms with Crippen LogP contribution in [0.1, 0.15) is 40.5 Å². The number of piperidine rings is 1. The molecule has 122 valence electrons. The Morgan fingerprint density at radius 3 is 2.61 bits per heavy atom. The van der Waals surface area contributed by atoms with E-state index in [4.69, 9.17) is 10.8 Å². The number of carbonyl (C=O) groups is 4. The summed E-state index contributed by atoms with van der Waals surface area (Å²) in [4.78, 5) is 51.6. The molecular weight excluding hydrogens is 322 g/mol. The first-order valence-electron chi connectivity index (χ1n) is 7.04. The largest absolute Gasteiger partial charge is 0.395 e. The van der Waals surface area contributed by atoms with Gasteiger partial charge in [0.1, 0.15) is 5.54 Å². The van der Waals surface area contributed by atoms with E-state index in [9.17, 15) is 19.2 Å². The van der Waals surface area contributed by atoms with E-state index in [1.54, 1.807) is 0 Å². The van der Waals surface area contributed by atoms with Crippen LogP contribution in [-0.2, 0) is 9.59 Å². The standard InChI is InChI=1S/C14H15N3O5S/c1-14(3-2-8(19)16(4-5-18)13(14)22)17-11(20)7-6-23-10(15)9(7)12(17)21/h6,18H,2-5,15H2,1H3/t14-/m0/s1. The highest BCUT2D eigenvalue weighted by Gasteiger charge is 2.55. The third-order valence-electron chi connectivity index (χ3n) is 4.32. The Hall–Kier alpha value is -2.26. The van der Waals surface area contributed by atoms with Crippen LogP contribution in [-0.4, -0.2) is 57.2 Å². The summed E-state index contributed by atoms with van der Waals surface area (Å²) in [5.74, 6) is -2.27. The Bertz CT molecular complexity index is 743. The average Bonchev–Trinajstić information content (AvgIpc) is 3.00. The van der Waals surface area contributed by atoms with Crippen molar-refractivity contribution in [3.63, 3.8) is 0 Å². The van der Waals surface area contributed by atoms with Crippen molar-refractivity contribution >= 4 is 40.0 Å². The number of aliphatic hydroxyl groups excluding tert-OH is 1. The molecule has 0 bridgehead atoms. The third kappa shape index (κ3) is 2.00. The number of hydrogen-bond acceptors (Lipinski definition) is 7. The highest BCUT2D eigenvalue weighted by atomic mass is 32.1. The van der Waals surface area contributed by atoms with E-state index in [2.05, 4.69) is 0 Å². The Kier molecular flexibility index (Phi) is 3.49. The number of rotatable bonds is 3. The molecule has 1 atom stereocenters. The number of likely N-dealkylation sites (tertiary alicyclic amines) is 1. The maximum atomic E-state index is 12.7. The summed E-state index contributed by atoms with van der Waals surface area (Å²) in [5.41, 5.74) is 4.61. The molecule has 1 aromatic heterocycles. The number of nitrogens with zero attached hydrogens (tertiary/aromatic N) is 2. The van der Waals surface area contributed by atoms with Gasteiger partial charge in [-0.3, -0.25) is 29.0 Å². The van der Waals surface area contributed by atoms with Crippen LogP contribution in [0.2, 0.25) is 0 Å². The first-order chi connectivity index (χ1) is 10.8. The predicted octanol–water partition coefficient (Wildman–Crippen LogP) is -0.174. The summed E-state index contributed by atoms with van der Waals surface area (Å²) in [6, 6.07) is 0. The van der Waals surface area contributed by atoms with E-state index in [1.807, 2.05) is 0 Å². The van der Waals surface area contributed by atoms with Gasteiger partial charge in [-0.15, -0.1) is 11.3 Å². The molecule has 23 heavy (non-hydrogen) atoms. The molecule has 0 unspecified atom stereocenters. The lowest BCUT2D eigenvalue weighted by atomic mass is 9.87. The molecule has 3 N–H and O–H groups in total. The van der Waals surface area contributed by atoms with Crippen molar-refractivity contribution in [1.82, 2.24) is 9.80 Å². The molecule has 1 saturated heterocycles. The van der Waals surface area contributed by atoms with E-state index in [0.29, 0.717) is 0 Å². The lowest BCUT2D eigenvalue weighted by Crippen LogP contribution is -2.64. The van der Waals surface area contributed by atoms with E-state index in [-0.39, 0.29) is 42.1 Å².